The monoisotopic (exact) mass is 385 g/mol. The predicted octanol–water partition coefficient (Wildman–Crippen LogP) is 1.16. The maximum absolute atomic E-state index is 12.4. The fourth-order valence-electron chi connectivity index (χ4n) is 2.54. The number of sulfonamides is 1. The molecule has 1 atom stereocenters. The molecule has 3 heterocycles. The lowest BCUT2D eigenvalue weighted by molar-refractivity contribution is 0.379. The van der Waals surface area contributed by atoms with E-state index in [1.165, 1.54) is 12.3 Å². The zero-order valence-electron chi connectivity index (χ0n) is 11.7. The number of nitrogens with zero attached hydrogens (tertiary/aromatic N) is 3. The number of aromatic nitrogens is 3. The molecule has 118 valence electrons. The lowest BCUT2D eigenvalue weighted by Gasteiger charge is -2.23. The van der Waals surface area contributed by atoms with E-state index in [1.54, 1.807) is 6.20 Å². The number of imidazole rings is 1. The van der Waals surface area contributed by atoms with Gasteiger partial charge in [0, 0.05) is 42.6 Å². The van der Waals surface area contributed by atoms with Crippen LogP contribution in [0.25, 0.3) is 0 Å². The molecule has 1 unspecified atom stereocenters. The van der Waals surface area contributed by atoms with Gasteiger partial charge >= 0.3 is 0 Å². The van der Waals surface area contributed by atoms with Gasteiger partial charge in [0.25, 0.3) is 0 Å². The molecule has 9 heteroatoms. The molecular formula is C13H16BrN5O2S. The van der Waals surface area contributed by atoms with Gasteiger partial charge in [0.1, 0.15) is 16.5 Å². The zero-order valence-corrected chi connectivity index (χ0v) is 14.1. The first kappa shape index (κ1) is 15.4. The summed E-state index contributed by atoms with van der Waals surface area (Å²) >= 11 is 3.21. The molecule has 22 heavy (non-hydrogen) atoms. The number of hydrogen-bond acceptors (Lipinski definition) is 5. The van der Waals surface area contributed by atoms with Gasteiger partial charge in [-0.15, -0.1) is 0 Å². The largest absolute Gasteiger partial charge is 0.383 e. The molecule has 7 nitrogen and oxygen atoms in total. The molecule has 2 aromatic rings. The number of hydrogen-bond donors (Lipinski definition) is 2. The normalized spacial score (nSPS) is 18.1. The molecule has 0 fully saturated rings. The Balaban J connectivity index is 1.69. The summed E-state index contributed by atoms with van der Waals surface area (Å²) in [5.41, 5.74) is 5.67. The van der Waals surface area contributed by atoms with Crippen molar-refractivity contribution < 1.29 is 8.42 Å². The van der Waals surface area contributed by atoms with Crippen LogP contribution in [0.5, 0.6) is 0 Å². The van der Waals surface area contributed by atoms with Crippen molar-refractivity contribution in [3.63, 3.8) is 0 Å². The van der Waals surface area contributed by atoms with Crippen LogP contribution in [0.15, 0.2) is 34.0 Å². The average Bonchev–Trinajstić information content (AvgIpc) is 2.95. The van der Waals surface area contributed by atoms with Gasteiger partial charge in [0.15, 0.2) is 0 Å². The van der Waals surface area contributed by atoms with E-state index in [2.05, 4.69) is 35.2 Å². The van der Waals surface area contributed by atoms with E-state index < -0.39 is 10.0 Å². The van der Waals surface area contributed by atoms with Crippen LogP contribution >= 0.6 is 15.9 Å². The third-order valence-electron chi connectivity index (χ3n) is 3.75. The predicted molar refractivity (Wildman–Crippen MR) is 85.6 cm³/mol. The van der Waals surface area contributed by atoms with Crippen LogP contribution in [0, 0.1) is 5.92 Å². The lowest BCUT2D eigenvalue weighted by atomic mass is 9.98. The Labute approximate surface area is 137 Å². The lowest BCUT2D eigenvalue weighted by Crippen LogP contribution is -2.33. The number of halogens is 1. The van der Waals surface area contributed by atoms with Crippen LogP contribution in [0.4, 0.5) is 5.82 Å². The van der Waals surface area contributed by atoms with E-state index >= 15 is 0 Å². The summed E-state index contributed by atoms with van der Waals surface area (Å²) in [5.74, 6) is 1.22. The van der Waals surface area contributed by atoms with Crippen LogP contribution in [-0.4, -0.2) is 29.5 Å². The topological polar surface area (TPSA) is 103 Å². The highest BCUT2D eigenvalue weighted by Gasteiger charge is 2.23. The number of nitrogens with one attached hydrogen (secondary N) is 1. The Morgan fingerprint density at radius 1 is 1.45 bits per heavy atom. The maximum atomic E-state index is 12.4. The van der Waals surface area contributed by atoms with Crippen molar-refractivity contribution in [1.29, 1.82) is 0 Å². The Kier molecular flexibility index (Phi) is 4.20. The number of pyridine rings is 1. The fraction of sp³-hybridized carbons (Fsp3) is 0.385. The van der Waals surface area contributed by atoms with E-state index in [0.29, 0.717) is 11.0 Å². The van der Waals surface area contributed by atoms with Crippen LogP contribution in [-0.2, 0) is 23.0 Å². The maximum Gasteiger partial charge on any atom is 0.244 e. The molecule has 0 saturated carbocycles. The summed E-state index contributed by atoms with van der Waals surface area (Å²) in [5, 5.41) is 0. The van der Waals surface area contributed by atoms with E-state index in [-0.39, 0.29) is 16.6 Å². The summed E-state index contributed by atoms with van der Waals surface area (Å²) in [7, 11) is -3.67. The SMILES string of the molecule is Nc1ncc(Br)cc1S(=O)(=O)NCC1CCn2ccnc2C1. The zero-order chi connectivity index (χ0) is 15.7. The van der Waals surface area contributed by atoms with Crippen LogP contribution in [0.2, 0.25) is 0 Å². The molecule has 0 bridgehead atoms. The van der Waals surface area contributed by atoms with Crippen LogP contribution < -0.4 is 10.5 Å². The van der Waals surface area contributed by atoms with Gasteiger partial charge in [0.05, 0.1) is 0 Å². The Morgan fingerprint density at radius 3 is 3.09 bits per heavy atom. The van der Waals surface area contributed by atoms with Crippen molar-refractivity contribution in [2.24, 2.45) is 5.92 Å². The second kappa shape index (κ2) is 5.98. The smallest absolute Gasteiger partial charge is 0.244 e. The fourth-order valence-corrected chi connectivity index (χ4v) is 4.25. The first-order valence-corrected chi connectivity index (χ1v) is 9.14. The van der Waals surface area contributed by atoms with Crippen LogP contribution in [0.1, 0.15) is 12.2 Å². The minimum Gasteiger partial charge on any atom is -0.383 e. The second-order valence-corrected chi connectivity index (χ2v) is 7.94. The van der Waals surface area contributed by atoms with Gasteiger partial charge in [-0.25, -0.2) is 23.1 Å². The summed E-state index contributed by atoms with van der Waals surface area (Å²) in [6, 6.07) is 1.46. The molecular weight excluding hydrogens is 370 g/mol. The highest BCUT2D eigenvalue weighted by Crippen LogP contribution is 2.22. The third kappa shape index (κ3) is 3.16. The van der Waals surface area contributed by atoms with E-state index in [4.69, 9.17) is 5.73 Å². The molecule has 0 aromatic carbocycles. The molecule has 1 aliphatic heterocycles. The van der Waals surface area contributed by atoms with Gasteiger partial charge in [-0.3, -0.25) is 0 Å². The van der Waals surface area contributed by atoms with Gasteiger partial charge in [-0.2, -0.15) is 0 Å². The summed E-state index contributed by atoms with van der Waals surface area (Å²) < 4.78 is 30.0. The summed E-state index contributed by atoms with van der Waals surface area (Å²) in [6.07, 6.45) is 6.87. The molecule has 0 spiro atoms. The van der Waals surface area contributed by atoms with Crippen molar-refractivity contribution in [2.45, 2.75) is 24.3 Å². The third-order valence-corrected chi connectivity index (χ3v) is 5.64. The molecule has 0 amide bonds. The number of nitrogens with two attached hydrogens (primary N) is 1. The van der Waals surface area contributed by atoms with E-state index in [9.17, 15) is 8.42 Å². The highest BCUT2D eigenvalue weighted by molar-refractivity contribution is 9.10. The highest BCUT2D eigenvalue weighted by atomic mass is 79.9. The quantitative estimate of drug-likeness (QED) is 0.821. The van der Waals surface area contributed by atoms with Gasteiger partial charge < -0.3 is 10.3 Å². The minimum atomic E-state index is -3.67. The van der Waals surface area contributed by atoms with E-state index in [1.807, 2.05) is 6.20 Å². The molecule has 0 saturated heterocycles. The summed E-state index contributed by atoms with van der Waals surface area (Å²) in [6.45, 7) is 1.23. The number of aryl methyl sites for hydroxylation is 1. The van der Waals surface area contributed by atoms with Gasteiger partial charge in [0.2, 0.25) is 10.0 Å². The van der Waals surface area contributed by atoms with E-state index in [0.717, 1.165) is 25.2 Å². The summed E-state index contributed by atoms with van der Waals surface area (Å²) in [4.78, 5) is 8.15. The average molecular weight is 386 g/mol. The number of anilines is 1. The molecule has 2 aromatic heterocycles. The number of fused-ring (bicyclic) bond motifs is 1. The second-order valence-electron chi connectivity index (χ2n) is 5.28. The van der Waals surface area contributed by atoms with Crippen LogP contribution in [0.3, 0.4) is 0 Å². The standard InChI is InChI=1S/C13H16BrN5O2S/c14-10-6-11(13(15)17-8-10)22(20,21)18-7-9-1-3-19-4-2-16-12(19)5-9/h2,4,6,8-9,18H,1,3,5,7H2,(H2,15,17). The molecule has 3 N–H and O–H groups in total. The van der Waals surface area contributed by atoms with Gasteiger partial charge in [-0.1, -0.05) is 0 Å². The molecule has 0 aliphatic carbocycles. The van der Waals surface area contributed by atoms with Crippen molar-refractivity contribution in [2.75, 3.05) is 12.3 Å². The molecule has 3 rings (SSSR count). The van der Waals surface area contributed by atoms with Crippen molar-refractivity contribution >= 4 is 31.8 Å². The minimum absolute atomic E-state index is 0.000755. The van der Waals surface area contributed by atoms with Crippen molar-refractivity contribution in [3.05, 3.63) is 35.0 Å². The molecule has 1 aliphatic rings. The Hall–Kier alpha value is -1.45. The number of nitrogen functional groups attached to an aromatic ring is 1. The first-order valence-electron chi connectivity index (χ1n) is 6.86. The Morgan fingerprint density at radius 2 is 2.27 bits per heavy atom. The van der Waals surface area contributed by atoms with Gasteiger partial charge in [-0.05, 0) is 34.3 Å². The Bertz CT molecular complexity index is 789. The van der Waals surface area contributed by atoms with Crippen molar-refractivity contribution in [1.82, 2.24) is 19.3 Å². The molecule has 0 radical (unpaired) electrons. The van der Waals surface area contributed by atoms with Crippen molar-refractivity contribution in [3.8, 4) is 0 Å². The number of rotatable bonds is 4. The first-order chi connectivity index (χ1) is 10.5.